The third-order valence-electron chi connectivity index (χ3n) is 3.11. The largest absolute Gasteiger partial charge is 0.355 e. The van der Waals surface area contributed by atoms with Crippen molar-refractivity contribution in [1.29, 1.82) is 0 Å². The molecule has 1 aliphatic heterocycles. The molecule has 1 aliphatic rings. The average Bonchev–Trinajstić information content (AvgIpc) is 1.95. The van der Waals surface area contributed by atoms with Gasteiger partial charge in [-0.1, -0.05) is 27.7 Å². The Morgan fingerprint density at radius 1 is 1.45 bits per heavy atom. The van der Waals surface area contributed by atoms with Gasteiger partial charge in [-0.05, 0) is 11.3 Å². The third-order valence-corrected chi connectivity index (χ3v) is 3.11. The van der Waals surface area contributed by atoms with Crippen LogP contribution in [0.25, 0.3) is 0 Å². The van der Waals surface area contributed by atoms with E-state index in [1.165, 1.54) is 0 Å². The molecular weight excluding hydrogens is 138 g/mol. The summed E-state index contributed by atoms with van der Waals surface area (Å²) < 4.78 is 0. The summed E-state index contributed by atoms with van der Waals surface area (Å²) >= 11 is 0. The lowest BCUT2D eigenvalue weighted by Gasteiger charge is -2.40. The van der Waals surface area contributed by atoms with Crippen LogP contribution in [0.15, 0.2) is 0 Å². The highest BCUT2D eigenvalue weighted by Gasteiger charge is 2.37. The minimum atomic E-state index is 0.166. The summed E-state index contributed by atoms with van der Waals surface area (Å²) in [6, 6.07) is 0. The van der Waals surface area contributed by atoms with Crippen molar-refractivity contribution in [3.63, 3.8) is 0 Å². The maximum atomic E-state index is 11.2. The molecule has 2 unspecified atom stereocenters. The molecule has 0 aromatic carbocycles. The molecule has 1 rings (SSSR count). The number of carbonyl (C=O) groups excluding carboxylic acids is 1. The molecule has 1 amide bonds. The summed E-state index contributed by atoms with van der Waals surface area (Å²) in [6.45, 7) is 9.38. The second-order valence-corrected chi connectivity index (χ2v) is 4.28. The Morgan fingerprint density at radius 2 is 2.00 bits per heavy atom. The number of piperidine rings is 1. The zero-order valence-electron chi connectivity index (χ0n) is 7.77. The maximum absolute atomic E-state index is 11.2. The van der Waals surface area contributed by atoms with E-state index < -0.39 is 0 Å². The van der Waals surface area contributed by atoms with Gasteiger partial charge in [0, 0.05) is 12.5 Å². The predicted octanol–water partition coefficient (Wildman–Crippen LogP) is 1.41. The van der Waals surface area contributed by atoms with E-state index >= 15 is 0 Å². The van der Waals surface area contributed by atoms with Crippen LogP contribution in [0.4, 0.5) is 0 Å². The second kappa shape index (κ2) is 2.50. The molecule has 0 aliphatic carbocycles. The van der Waals surface area contributed by atoms with Crippen molar-refractivity contribution in [3.8, 4) is 0 Å². The molecule has 0 aromatic heterocycles. The average molecular weight is 155 g/mol. The highest BCUT2D eigenvalue weighted by molar-refractivity contribution is 5.79. The van der Waals surface area contributed by atoms with E-state index in [1.807, 2.05) is 6.92 Å². The van der Waals surface area contributed by atoms with Gasteiger partial charge in [0.1, 0.15) is 0 Å². The SMILES string of the molecule is CC1C(=O)NCC(C)(C)C1C. The first kappa shape index (κ1) is 8.57. The Hall–Kier alpha value is -0.530. The summed E-state index contributed by atoms with van der Waals surface area (Å²) in [5.74, 6) is 0.854. The Kier molecular flexibility index (Phi) is 1.95. The molecule has 1 N–H and O–H groups in total. The predicted molar refractivity (Wildman–Crippen MR) is 45.1 cm³/mol. The van der Waals surface area contributed by atoms with E-state index in [2.05, 4.69) is 26.1 Å². The molecule has 1 fully saturated rings. The van der Waals surface area contributed by atoms with Gasteiger partial charge in [0.25, 0.3) is 0 Å². The fourth-order valence-corrected chi connectivity index (χ4v) is 1.54. The van der Waals surface area contributed by atoms with E-state index in [0.717, 1.165) is 6.54 Å². The molecule has 11 heavy (non-hydrogen) atoms. The van der Waals surface area contributed by atoms with Crippen LogP contribution in [0.5, 0.6) is 0 Å². The van der Waals surface area contributed by atoms with Crippen molar-refractivity contribution in [2.24, 2.45) is 17.3 Å². The second-order valence-electron chi connectivity index (χ2n) is 4.28. The monoisotopic (exact) mass is 155 g/mol. The van der Waals surface area contributed by atoms with Crippen LogP contribution in [0, 0.1) is 17.3 Å². The quantitative estimate of drug-likeness (QED) is 0.563. The number of hydrogen-bond donors (Lipinski definition) is 1. The molecular formula is C9H17NO. The van der Waals surface area contributed by atoms with Crippen LogP contribution < -0.4 is 5.32 Å². The van der Waals surface area contributed by atoms with Gasteiger partial charge in [-0.25, -0.2) is 0 Å². The fraction of sp³-hybridized carbons (Fsp3) is 0.889. The lowest BCUT2D eigenvalue weighted by atomic mass is 9.71. The lowest BCUT2D eigenvalue weighted by Crippen LogP contribution is -2.50. The number of hydrogen-bond acceptors (Lipinski definition) is 1. The van der Waals surface area contributed by atoms with Crippen LogP contribution in [-0.4, -0.2) is 12.5 Å². The van der Waals surface area contributed by atoms with Crippen molar-refractivity contribution in [2.45, 2.75) is 27.7 Å². The smallest absolute Gasteiger partial charge is 0.223 e. The molecule has 0 aromatic rings. The van der Waals surface area contributed by atoms with E-state index in [1.54, 1.807) is 0 Å². The van der Waals surface area contributed by atoms with Crippen molar-refractivity contribution < 1.29 is 4.79 Å². The first-order valence-corrected chi connectivity index (χ1v) is 4.23. The van der Waals surface area contributed by atoms with Gasteiger partial charge >= 0.3 is 0 Å². The number of amides is 1. The minimum Gasteiger partial charge on any atom is -0.355 e. The molecule has 1 saturated heterocycles. The highest BCUT2D eigenvalue weighted by Crippen LogP contribution is 2.34. The fourth-order valence-electron chi connectivity index (χ4n) is 1.54. The van der Waals surface area contributed by atoms with E-state index in [-0.39, 0.29) is 17.2 Å². The van der Waals surface area contributed by atoms with Crippen molar-refractivity contribution in [2.75, 3.05) is 6.54 Å². The summed E-state index contributed by atoms with van der Waals surface area (Å²) in [5.41, 5.74) is 0.257. The summed E-state index contributed by atoms with van der Waals surface area (Å²) in [4.78, 5) is 11.2. The standard InChI is InChI=1S/C9H17NO/c1-6-7(2)9(3,4)5-10-8(6)11/h6-7H,5H2,1-4H3,(H,10,11). The molecule has 0 radical (unpaired) electrons. The Bertz CT molecular complexity index is 174. The number of rotatable bonds is 0. The zero-order valence-corrected chi connectivity index (χ0v) is 7.77. The van der Waals surface area contributed by atoms with Gasteiger partial charge in [-0.2, -0.15) is 0 Å². The van der Waals surface area contributed by atoms with Gasteiger partial charge in [0.15, 0.2) is 0 Å². The Morgan fingerprint density at radius 3 is 2.45 bits per heavy atom. The first-order chi connectivity index (χ1) is 4.95. The molecule has 2 nitrogen and oxygen atoms in total. The molecule has 1 heterocycles. The summed E-state index contributed by atoms with van der Waals surface area (Å²) in [5, 5.41) is 2.91. The van der Waals surface area contributed by atoms with Gasteiger partial charge < -0.3 is 5.32 Å². The first-order valence-electron chi connectivity index (χ1n) is 4.23. The highest BCUT2D eigenvalue weighted by atomic mass is 16.1. The lowest BCUT2D eigenvalue weighted by molar-refractivity contribution is -0.131. The molecule has 2 heteroatoms. The van der Waals surface area contributed by atoms with Crippen LogP contribution in [0.3, 0.4) is 0 Å². The van der Waals surface area contributed by atoms with Crippen LogP contribution >= 0.6 is 0 Å². The van der Waals surface area contributed by atoms with Gasteiger partial charge in [-0.3, -0.25) is 4.79 Å². The van der Waals surface area contributed by atoms with Crippen molar-refractivity contribution >= 4 is 5.91 Å². The molecule has 0 saturated carbocycles. The Labute approximate surface area is 68.4 Å². The minimum absolute atomic E-state index is 0.166. The normalized spacial score (nSPS) is 36.5. The molecule has 64 valence electrons. The van der Waals surface area contributed by atoms with E-state index in [0.29, 0.717) is 5.92 Å². The maximum Gasteiger partial charge on any atom is 0.223 e. The molecule has 0 spiro atoms. The van der Waals surface area contributed by atoms with Crippen molar-refractivity contribution in [1.82, 2.24) is 5.32 Å². The van der Waals surface area contributed by atoms with Crippen LogP contribution in [0.1, 0.15) is 27.7 Å². The van der Waals surface area contributed by atoms with E-state index in [4.69, 9.17) is 0 Å². The van der Waals surface area contributed by atoms with Crippen LogP contribution in [0.2, 0.25) is 0 Å². The van der Waals surface area contributed by atoms with Gasteiger partial charge in [0.2, 0.25) is 5.91 Å². The molecule has 0 bridgehead atoms. The van der Waals surface area contributed by atoms with Gasteiger partial charge in [0.05, 0.1) is 0 Å². The topological polar surface area (TPSA) is 29.1 Å². The van der Waals surface area contributed by atoms with Crippen LogP contribution in [-0.2, 0) is 4.79 Å². The Balaban J connectivity index is 2.75. The van der Waals surface area contributed by atoms with Crippen molar-refractivity contribution in [3.05, 3.63) is 0 Å². The number of carbonyl (C=O) groups is 1. The number of nitrogens with one attached hydrogen (secondary N) is 1. The zero-order chi connectivity index (χ0) is 8.65. The van der Waals surface area contributed by atoms with Gasteiger partial charge in [-0.15, -0.1) is 0 Å². The third kappa shape index (κ3) is 1.39. The van der Waals surface area contributed by atoms with E-state index in [9.17, 15) is 4.79 Å². The molecule has 2 atom stereocenters. The summed E-state index contributed by atoms with van der Waals surface area (Å²) in [7, 11) is 0. The summed E-state index contributed by atoms with van der Waals surface area (Å²) in [6.07, 6.45) is 0.